The summed E-state index contributed by atoms with van der Waals surface area (Å²) in [6.07, 6.45) is 9.76. The van der Waals surface area contributed by atoms with Gasteiger partial charge in [0.05, 0.1) is 0 Å². The van der Waals surface area contributed by atoms with E-state index in [2.05, 4.69) is 107 Å². The molecule has 2 nitrogen and oxygen atoms in total. The molecule has 4 heteroatoms. The van der Waals surface area contributed by atoms with Gasteiger partial charge in [-0.05, 0) is 47.1 Å². The zero-order valence-electron chi connectivity index (χ0n) is 16.2. The van der Waals surface area contributed by atoms with Crippen molar-refractivity contribution >= 4 is 62.0 Å². The molecule has 0 aliphatic rings. The summed E-state index contributed by atoms with van der Waals surface area (Å²) in [5.74, 6) is 0. The van der Waals surface area contributed by atoms with Gasteiger partial charge < -0.3 is 4.90 Å². The third-order valence-electron chi connectivity index (χ3n) is 4.73. The summed E-state index contributed by atoms with van der Waals surface area (Å²) in [5, 5.41) is 1.33. The summed E-state index contributed by atoms with van der Waals surface area (Å²) in [4.78, 5) is 2.13. The van der Waals surface area contributed by atoms with Crippen LogP contribution in [0.2, 0.25) is 0 Å². The van der Waals surface area contributed by atoms with Crippen molar-refractivity contribution in [3.05, 3.63) is 59.1 Å². The Hall–Kier alpha value is -1.40. The van der Waals surface area contributed by atoms with Gasteiger partial charge in [-0.25, -0.2) is 0 Å². The van der Waals surface area contributed by atoms with Gasteiger partial charge in [0.15, 0.2) is 6.54 Å². The van der Waals surface area contributed by atoms with Crippen LogP contribution >= 0.6 is 33.9 Å². The number of aryl methyl sites for hydroxylation is 1. The second-order valence-electron chi connectivity index (χ2n) is 6.98. The number of aromatic nitrogens is 1. The van der Waals surface area contributed by atoms with E-state index in [1.165, 1.54) is 56.6 Å². The molecule has 0 radical (unpaired) electrons. The molecule has 0 aliphatic carbocycles. The quantitative estimate of drug-likeness (QED) is 0.145. The molecule has 0 amide bonds. The van der Waals surface area contributed by atoms with Crippen LogP contribution in [0.15, 0.2) is 48.5 Å². The maximum atomic E-state index is 2.49. The Balaban J connectivity index is 1.79. The van der Waals surface area contributed by atoms with Crippen molar-refractivity contribution in [2.45, 2.75) is 32.2 Å². The number of alkyl halides is 1. The molecule has 0 atom stereocenters. The van der Waals surface area contributed by atoms with Gasteiger partial charge in [0.2, 0.25) is 5.52 Å². The number of hydrogen-bond acceptors (Lipinski definition) is 2. The van der Waals surface area contributed by atoms with E-state index in [4.69, 9.17) is 0 Å². The molecule has 1 heterocycles. The second kappa shape index (κ2) is 10.2. The summed E-state index contributed by atoms with van der Waals surface area (Å²) < 4.78 is 5.13. The average Bonchev–Trinajstić information content (AvgIpc) is 3.04. The smallest absolute Gasteiger partial charge is 0.262 e. The lowest BCUT2D eigenvalue weighted by Crippen LogP contribution is -2.34. The highest BCUT2D eigenvalue weighted by Gasteiger charge is 2.17. The highest BCUT2D eigenvalue weighted by atomic mass is 127. The predicted octanol–water partition coefficient (Wildman–Crippen LogP) is 6.42. The van der Waals surface area contributed by atoms with Crippen LogP contribution in [0.5, 0.6) is 0 Å². The van der Waals surface area contributed by atoms with E-state index in [1.807, 2.05) is 11.3 Å². The molecule has 142 valence electrons. The number of rotatable bonds is 9. The minimum Gasteiger partial charge on any atom is -0.378 e. The highest BCUT2D eigenvalue weighted by molar-refractivity contribution is 14.1. The molecule has 3 aromatic rings. The largest absolute Gasteiger partial charge is 0.378 e. The zero-order chi connectivity index (χ0) is 19.1. The zero-order valence-corrected chi connectivity index (χ0v) is 19.2. The fourth-order valence-corrected chi connectivity index (χ4v) is 4.81. The molecule has 0 N–H and O–H groups in total. The molecule has 0 saturated carbocycles. The lowest BCUT2D eigenvalue weighted by molar-refractivity contribution is -0.669. The number of nitrogens with zero attached hydrogens (tertiary/aromatic N) is 2. The Kier molecular flexibility index (Phi) is 7.70. The first-order chi connectivity index (χ1) is 13.2. The Bertz CT molecular complexity index is 881. The number of benzene rings is 2. The van der Waals surface area contributed by atoms with Gasteiger partial charge in [-0.2, -0.15) is 4.57 Å². The normalized spacial score (nSPS) is 11.5. The van der Waals surface area contributed by atoms with Crippen LogP contribution in [0.1, 0.15) is 36.3 Å². The van der Waals surface area contributed by atoms with E-state index in [9.17, 15) is 0 Å². The van der Waals surface area contributed by atoms with Crippen LogP contribution in [-0.2, 0) is 6.54 Å². The number of para-hydroxylation sites is 1. The molecule has 2 aromatic carbocycles. The second-order valence-corrected chi connectivity index (χ2v) is 9.12. The molecular weight excluding hydrogens is 463 g/mol. The molecule has 27 heavy (non-hydrogen) atoms. The first-order valence-electron chi connectivity index (χ1n) is 9.62. The average molecular weight is 491 g/mol. The van der Waals surface area contributed by atoms with Gasteiger partial charge in [0.1, 0.15) is 4.70 Å². The van der Waals surface area contributed by atoms with Gasteiger partial charge in [0, 0.05) is 38.3 Å². The van der Waals surface area contributed by atoms with Crippen LogP contribution in [-0.4, -0.2) is 18.5 Å². The first kappa shape index (κ1) is 20.3. The van der Waals surface area contributed by atoms with Crippen LogP contribution in [0.25, 0.3) is 22.4 Å². The Morgan fingerprint density at radius 2 is 1.67 bits per heavy atom. The molecule has 0 spiro atoms. The van der Waals surface area contributed by atoms with Gasteiger partial charge in [-0.1, -0.05) is 64.6 Å². The number of fused-ring (bicyclic) bond motifs is 1. The minimum absolute atomic E-state index is 1.10. The summed E-state index contributed by atoms with van der Waals surface area (Å²) >= 11 is 4.36. The van der Waals surface area contributed by atoms with E-state index >= 15 is 0 Å². The molecule has 0 fully saturated rings. The van der Waals surface area contributed by atoms with Crippen molar-refractivity contribution in [3.63, 3.8) is 0 Å². The number of halogens is 1. The van der Waals surface area contributed by atoms with Gasteiger partial charge in [-0.15, -0.1) is 0 Å². The van der Waals surface area contributed by atoms with Crippen molar-refractivity contribution in [3.8, 4) is 0 Å². The highest BCUT2D eigenvalue weighted by Crippen LogP contribution is 2.23. The molecular formula is C23H28IN2S+. The van der Waals surface area contributed by atoms with E-state index in [1.54, 1.807) is 0 Å². The van der Waals surface area contributed by atoms with Crippen molar-refractivity contribution in [1.82, 2.24) is 0 Å². The Labute approximate surface area is 180 Å². The van der Waals surface area contributed by atoms with Crippen LogP contribution < -0.4 is 9.47 Å². The molecule has 3 rings (SSSR count). The fourth-order valence-electron chi connectivity index (χ4n) is 3.18. The summed E-state index contributed by atoms with van der Waals surface area (Å²) in [7, 11) is 4.15. The number of thiazole rings is 1. The van der Waals surface area contributed by atoms with Gasteiger partial charge in [-0.3, -0.25) is 0 Å². The Morgan fingerprint density at radius 3 is 2.41 bits per heavy atom. The lowest BCUT2D eigenvalue weighted by atomic mass is 10.2. The summed E-state index contributed by atoms with van der Waals surface area (Å²) in [6.45, 7) is 1.10. The summed E-state index contributed by atoms with van der Waals surface area (Å²) in [5.41, 5.74) is 3.83. The predicted molar refractivity (Wildman–Crippen MR) is 129 cm³/mol. The van der Waals surface area contributed by atoms with Crippen LogP contribution in [0.4, 0.5) is 5.69 Å². The van der Waals surface area contributed by atoms with Crippen molar-refractivity contribution in [2.24, 2.45) is 0 Å². The van der Waals surface area contributed by atoms with Crippen LogP contribution in [0, 0.1) is 0 Å². The number of anilines is 1. The topological polar surface area (TPSA) is 7.12 Å². The third-order valence-corrected chi connectivity index (χ3v) is 6.62. The van der Waals surface area contributed by atoms with Gasteiger partial charge in [0.25, 0.3) is 5.01 Å². The van der Waals surface area contributed by atoms with E-state index in [0.717, 1.165) is 6.54 Å². The maximum Gasteiger partial charge on any atom is 0.262 e. The van der Waals surface area contributed by atoms with Crippen LogP contribution in [0.3, 0.4) is 0 Å². The number of hydrogen-bond donors (Lipinski definition) is 0. The van der Waals surface area contributed by atoms with E-state index in [0.29, 0.717) is 0 Å². The van der Waals surface area contributed by atoms with Crippen molar-refractivity contribution in [1.29, 1.82) is 0 Å². The third kappa shape index (κ3) is 5.55. The Morgan fingerprint density at radius 1 is 0.926 bits per heavy atom. The molecule has 1 aromatic heterocycles. The molecule has 0 unspecified atom stereocenters. The SMILES string of the molecule is CN(C)c1ccc(/C=C/c2sc3ccccc3[n+]2CCCCCCI)cc1. The molecule has 0 aliphatic heterocycles. The minimum atomic E-state index is 1.10. The van der Waals surface area contributed by atoms with Crippen molar-refractivity contribution < 1.29 is 4.57 Å². The molecule has 0 saturated heterocycles. The monoisotopic (exact) mass is 491 g/mol. The first-order valence-corrected chi connectivity index (χ1v) is 12.0. The van der Waals surface area contributed by atoms with E-state index < -0.39 is 0 Å². The molecule has 0 bridgehead atoms. The fraction of sp³-hybridized carbons (Fsp3) is 0.348. The lowest BCUT2D eigenvalue weighted by Gasteiger charge is -2.11. The summed E-state index contributed by atoms with van der Waals surface area (Å²) in [6, 6.07) is 17.5. The van der Waals surface area contributed by atoms with E-state index in [-0.39, 0.29) is 0 Å². The maximum absolute atomic E-state index is 2.49. The standard InChI is InChI=1S/C23H28IN2S/c1-25(2)20-14-11-19(12-15-20)13-16-23-26(18-8-4-3-7-17-24)21-9-5-6-10-22(21)27-23/h5-6,9-16H,3-4,7-8,17-18H2,1-2H3/q+1. The van der Waals surface area contributed by atoms with Crippen molar-refractivity contribution in [2.75, 3.05) is 23.4 Å². The van der Waals surface area contributed by atoms with Gasteiger partial charge >= 0.3 is 0 Å². The number of unbranched alkanes of at least 4 members (excludes halogenated alkanes) is 3.